The molecule has 0 aliphatic heterocycles. The molecule has 0 radical (unpaired) electrons. The minimum atomic E-state index is -4.31. The van der Waals surface area contributed by atoms with Crippen LogP contribution in [0.5, 0.6) is 0 Å². The van der Waals surface area contributed by atoms with Gasteiger partial charge in [0.15, 0.2) is 8.32 Å². The normalized spacial score (nSPS) is 13.4. The van der Waals surface area contributed by atoms with Gasteiger partial charge in [-0.2, -0.15) is 0 Å². The highest BCUT2D eigenvalue weighted by Crippen LogP contribution is 2.28. The lowest BCUT2D eigenvalue weighted by Gasteiger charge is -2.31. The maximum atomic E-state index is 13.2. The van der Waals surface area contributed by atoms with Gasteiger partial charge in [-0.05, 0) is 18.1 Å². The first-order valence-electron chi connectivity index (χ1n) is 5.03. The van der Waals surface area contributed by atoms with Gasteiger partial charge in [0.1, 0.15) is 0 Å². The molecule has 0 aromatic heterocycles. The third-order valence-corrected chi connectivity index (χ3v) is 10.3. The molecule has 0 aromatic rings. The fourth-order valence-corrected chi connectivity index (χ4v) is 7.70. The van der Waals surface area contributed by atoms with Crippen LogP contribution in [0.4, 0.5) is 8.22 Å². The van der Waals surface area contributed by atoms with Crippen molar-refractivity contribution in [3.8, 4) is 0 Å². The lowest BCUT2D eigenvalue weighted by molar-refractivity contribution is 0.363. The highest BCUT2D eigenvalue weighted by molar-refractivity contribution is 6.81. The van der Waals surface area contributed by atoms with E-state index < -0.39 is 17.3 Å². The SMILES string of the molecule is CC[Si](F)(F)O[Si](CC)(CC)CC. The molecule has 13 heavy (non-hydrogen) atoms. The van der Waals surface area contributed by atoms with Crippen LogP contribution >= 0.6 is 0 Å². The lowest BCUT2D eigenvalue weighted by atomic mass is 10.9. The molecule has 0 aliphatic carbocycles. The van der Waals surface area contributed by atoms with Gasteiger partial charge < -0.3 is 4.12 Å². The van der Waals surface area contributed by atoms with Crippen LogP contribution in [0.1, 0.15) is 27.7 Å². The minimum Gasteiger partial charge on any atom is -0.410 e. The summed E-state index contributed by atoms with van der Waals surface area (Å²) in [6.07, 6.45) is 0. The van der Waals surface area contributed by atoms with E-state index in [1.807, 2.05) is 20.8 Å². The van der Waals surface area contributed by atoms with Crippen molar-refractivity contribution in [2.45, 2.75) is 51.9 Å². The number of hydrogen-bond donors (Lipinski definition) is 0. The first-order valence-corrected chi connectivity index (χ1v) is 9.43. The Labute approximate surface area is 82.1 Å². The van der Waals surface area contributed by atoms with Gasteiger partial charge in [-0.3, -0.25) is 0 Å². The van der Waals surface area contributed by atoms with E-state index in [0.29, 0.717) is 0 Å². The highest BCUT2D eigenvalue weighted by Gasteiger charge is 2.44. The Hall–Kier alpha value is 0.254. The van der Waals surface area contributed by atoms with E-state index in [1.54, 1.807) is 0 Å². The Bertz CT molecular complexity index is 141. The van der Waals surface area contributed by atoms with E-state index >= 15 is 0 Å². The number of rotatable bonds is 6. The molecule has 5 heteroatoms. The summed E-state index contributed by atoms with van der Waals surface area (Å²) in [7, 11) is -6.38. The summed E-state index contributed by atoms with van der Waals surface area (Å²) in [5, 5.41) is 0. The molecule has 0 aliphatic rings. The first kappa shape index (κ1) is 13.3. The minimum absolute atomic E-state index is 0.0816. The Morgan fingerprint density at radius 3 is 1.46 bits per heavy atom. The predicted molar refractivity (Wildman–Crippen MR) is 56.7 cm³/mol. The zero-order chi connectivity index (χ0) is 10.5. The second-order valence-electron chi connectivity index (χ2n) is 3.34. The fourth-order valence-electron chi connectivity index (χ4n) is 1.36. The Kier molecular flexibility index (Phi) is 5.31. The second kappa shape index (κ2) is 5.21. The van der Waals surface area contributed by atoms with E-state index in [4.69, 9.17) is 4.12 Å². The zero-order valence-corrected chi connectivity index (χ0v) is 11.0. The molecular weight excluding hydrogens is 206 g/mol. The molecule has 0 fully saturated rings. The quantitative estimate of drug-likeness (QED) is 0.493. The molecule has 1 nitrogen and oxygen atoms in total. The molecule has 0 saturated carbocycles. The van der Waals surface area contributed by atoms with Gasteiger partial charge in [0, 0.05) is 6.04 Å². The Balaban J connectivity index is 4.41. The first-order chi connectivity index (χ1) is 5.95. The van der Waals surface area contributed by atoms with Gasteiger partial charge in [-0.1, -0.05) is 27.7 Å². The topological polar surface area (TPSA) is 9.23 Å². The summed E-state index contributed by atoms with van der Waals surface area (Å²) in [6.45, 7) is 7.43. The molecule has 0 bridgehead atoms. The summed E-state index contributed by atoms with van der Waals surface area (Å²) in [4.78, 5) is 0. The van der Waals surface area contributed by atoms with Crippen LogP contribution < -0.4 is 0 Å². The van der Waals surface area contributed by atoms with Crippen molar-refractivity contribution >= 4 is 17.3 Å². The van der Waals surface area contributed by atoms with E-state index in [-0.39, 0.29) is 6.04 Å². The number of halogens is 2. The van der Waals surface area contributed by atoms with Crippen LogP contribution in [0.15, 0.2) is 0 Å². The third kappa shape index (κ3) is 3.87. The standard InChI is InChI=1S/C8H20F2OSi2/c1-5-12(6-2,7-3)11-13(9,10)8-4/h5-8H2,1-4H3. The van der Waals surface area contributed by atoms with Gasteiger partial charge in [-0.15, -0.1) is 0 Å². The van der Waals surface area contributed by atoms with Crippen molar-refractivity contribution in [2.24, 2.45) is 0 Å². The molecular formula is C8H20F2OSi2. The van der Waals surface area contributed by atoms with Gasteiger partial charge in [-0.25, -0.2) is 8.22 Å². The lowest BCUT2D eigenvalue weighted by Crippen LogP contribution is -2.45. The Morgan fingerprint density at radius 1 is 0.846 bits per heavy atom. The van der Waals surface area contributed by atoms with E-state index in [1.165, 1.54) is 6.92 Å². The molecule has 0 rings (SSSR count). The van der Waals surface area contributed by atoms with E-state index in [9.17, 15) is 8.22 Å². The van der Waals surface area contributed by atoms with Gasteiger partial charge in [0.05, 0.1) is 0 Å². The van der Waals surface area contributed by atoms with Crippen LogP contribution in [0, 0.1) is 0 Å². The van der Waals surface area contributed by atoms with Crippen molar-refractivity contribution < 1.29 is 12.3 Å². The summed E-state index contributed by atoms with van der Waals surface area (Å²) >= 11 is 0. The molecule has 0 amide bonds. The van der Waals surface area contributed by atoms with Crippen LogP contribution in [0.25, 0.3) is 0 Å². The highest BCUT2D eigenvalue weighted by atomic mass is 28.5. The fraction of sp³-hybridized carbons (Fsp3) is 1.00. The molecule has 0 saturated heterocycles. The maximum absolute atomic E-state index is 13.2. The van der Waals surface area contributed by atoms with E-state index in [2.05, 4.69) is 0 Å². The van der Waals surface area contributed by atoms with Crippen molar-refractivity contribution in [2.75, 3.05) is 0 Å². The smallest absolute Gasteiger partial charge is 0.410 e. The maximum Gasteiger partial charge on any atom is 0.567 e. The summed E-state index contributed by atoms with van der Waals surface area (Å²) in [5.74, 6) is 0. The van der Waals surface area contributed by atoms with Gasteiger partial charge in [0.2, 0.25) is 0 Å². The van der Waals surface area contributed by atoms with Crippen LogP contribution in [-0.2, 0) is 4.12 Å². The molecule has 0 spiro atoms. The van der Waals surface area contributed by atoms with Crippen LogP contribution in [0.3, 0.4) is 0 Å². The van der Waals surface area contributed by atoms with E-state index in [0.717, 1.165) is 18.1 Å². The summed E-state index contributed by atoms with van der Waals surface area (Å²) < 4.78 is 31.5. The van der Waals surface area contributed by atoms with Crippen molar-refractivity contribution in [3.63, 3.8) is 0 Å². The summed E-state index contributed by atoms with van der Waals surface area (Å²) in [5.41, 5.74) is 0. The largest absolute Gasteiger partial charge is 0.567 e. The van der Waals surface area contributed by atoms with Crippen LogP contribution in [-0.4, -0.2) is 17.3 Å². The van der Waals surface area contributed by atoms with Crippen molar-refractivity contribution in [3.05, 3.63) is 0 Å². The summed E-state index contributed by atoms with van der Waals surface area (Å²) in [6, 6.07) is 2.34. The predicted octanol–water partition coefficient (Wildman–Crippen LogP) is 3.91. The molecule has 0 unspecified atom stereocenters. The third-order valence-electron chi connectivity index (χ3n) is 2.71. The molecule has 80 valence electrons. The second-order valence-corrected chi connectivity index (χ2v) is 10.6. The zero-order valence-electron chi connectivity index (χ0n) is 8.99. The monoisotopic (exact) mass is 226 g/mol. The molecule has 0 heterocycles. The average molecular weight is 226 g/mol. The number of hydrogen-bond acceptors (Lipinski definition) is 1. The molecule has 0 aromatic carbocycles. The van der Waals surface area contributed by atoms with Gasteiger partial charge in [0.25, 0.3) is 0 Å². The van der Waals surface area contributed by atoms with Crippen molar-refractivity contribution in [1.82, 2.24) is 0 Å². The van der Waals surface area contributed by atoms with Gasteiger partial charge >= 0.3 is 8.99 Å². The average Bonchev–Trinajstić information content (AvgIpc) is 2.14. The molecule has 0 atom stereocenters. The van der Waals surface area contributed by atoms with Crippen LogP contribution in [0.2, 0.25) is 24.2 Å². The van der Waals surface area contributed by atoms with Crippen molar-refractivity contribution in [1.29, 1.82) is 0 Å². The molecule has 0 N–H and O–H groups in total. The Morgan fingerprint density at radius 2 is 1.23 bits per heavy atom.